The van der Waals surface area contributed by atoms with Gasteiger partial charge in [0.15, 0.2) is 0 Å². The van der Waals surface area contributed by atoms with Gasteiger partial charge in [-0.1, -0.05) is 60.7 Å². The molecule has 2 heterocycles. The zero-order valence-electron chi connectivity index (χ0n) is 12.5. The second-order valence-corrected chi connectivity index (χ2v) is 5.37. The number of benzene rings is 2. The van der Waals surface area contributed by atoms with E-state index in [2.05, 4.69) is 44.2 Å². The molecule has 2 aromatic carbocycles. The summed E-state index contributed by atoms with van der Waals surface area (Å²) in [5.74, 6) is 0. The highest BCUT2D eigenvalue weighted by Gasteiger charge is 2.13. The van der Waals surface area contributed by atoms with Crippen LogP contribution in [-0.2, 0) is 6.42 Å². The van der Waals surface area contributed by atoms with E-state index in [0.29, 0.717) is 0 Å². The number of imidazole rings is 2. The monoisotopic (exact) mass is 300 g/mol. The molecular formula is C19H16N4. The molecule has 112 valence electrons. The molecule has 4 rings (SSSR count). The first-order valence-electron chi connectivity index (χ1n) is 7.57. The van der Waals surface area contributed by atoms with Crippen LogP contribution in [0.3, 0.4) is 0 Å². The quantitative estimate of drug-likeness (QED) is 0.597. The summed E-state index contributed by atoms with van der Waals surface area (Å²) in [6, 6.07) is 20.4. The van der Waals surface area contributed by atoms with E-state index in [1.165, 1.54) is 0 Å². The van der Waals surface area contributed by atoms with Gasteiger partial charge < -0.3 is 9.97 Å². The summed E-state index contributed by atoms with van der Waals surface area (Å²) in [4.78, 5) is 15.5. The second-order valence-electron chi connectivity index (χ2n) is 5.37. The van der Waals surface area contributed by atoms with E-state index in [0.717, 1.165) is 40.3 Å². The predicted molar refractivity (Wildman–Crippen MR) is 90.9 cm³/mol. The van der Waals surface area contributed by atoms with Crippen molar-refractivity contribution in [3.05, 3.63) is 84.7 Å². The molecule has 0 atom stereocenters. The fourth-order valence-electron chi connectivity index (χ4n) is 2.78. The Morgan fingerprint density at radius 3 is 1.48 bits per heavy atom. The second kappa shape index (κ2) is 5.93. The lowest BCUT2D eigenvalue weighted by Crippen LogP contribution is -1.95. The first kappa shape index (κ1) is 13.5. The number of aromatic amines is 2. The number of hydrogen-bond donors (Lipinski definition) is 2. The van der Waals surface area contributed by atoms with E-state index in [1.54, 1.807) is 12.7 Å². The van der Waals surface area contributed by atoms with Gasteiger partial charge in [0.05, 0.1) is 24.0 Å². The summed E-state index contributed by atoms with van der Waals surface area (Å²) in [5, 5.41) is 0. The SMILES string of the molecule is c1ccc(-c2nc[nH]c2Cc2[nH]cnc2-c2ccccc2)cc1. The summed E-state index contributed by atoms with van der Waals surface area (Å²) >= 11 is 0. The van der Waals surface area contributed by atoms with Gasteiger partial charge in [0.25, 0.3) is 0 Å². The van der Waals surface area contributed by atoms with E-state index in [4.69, 9.17) is 0 Å². The van der Waals surface area contributed by atoms with Crippen LogP contribution in [0, 0.1) is 0 Å². The van der Waals surface area contributed by atoms with Crippen molar-refractivity contribution in [3.8, 4) is 22.5 Å². The van der Waals surface area contributed by atoms with Gasteiger partial charge in [-0.25, -0.2) is 9.97 Å². The van der Waals surface area contributed by atoms with Gasteiger partial charge in [-0.3, -0.25) is 0 Å². The van der Waals surface area contributed by atoms with Gasteiger partial charge in [-0.05, 0) is 0 Å². The van der Waals surface area contributed by atoms with Crippen LogP contribution in [0.5, 0.6) is 0 Å². The third-order valence-corrected chi connectivity index (χ3v) is 3.88. The summed E-state index contributed by atoms with van der Waals surface area (Å²) in [6.07, 6.45) is 4.22. The lowest BCUT2D eigenvalue weighted by molar-refractivity contribution is 1.06. The molecule has 2 N–H and O–H groups in total. The maximum absolute atomic E-state index is 4.48. The van der Waals surface area contributed by atoms with E-state index in [1.807, 2.05) is 36.4 Å². The molecule has 0 spiro atoms. The minimum absolute atomic E-state index is 0.731. The number of hydrogen-bond acceptors (Lipinski definition) is 2. The molecule has 0 aliphatic carbocycles. The van der Waals surface area contributed by atoms with Crippen molar-refractivity contribution in [1.82, 2.24) is 19.9 Å². The zero-order valence-corrected chi connectivity index (χ0v) is 12.5. The van der Waals surface area contributed by atoms with Crippen molar-refractivity contribution in [3.63, 3.8) is 0 Å². The standard InChI is InChI=1S/C19H16N4/c1-3-7-14(8-4-1)18-16(20-12-22-18)11-17-19(23-13-21-17)15-9-5-2-6-10-15/h1-10,12-13H,11H2,(H,20,22)(H,21,23). The minimum atomic E-state index is 0.731. The summed E-state index contributed by atoms with van der Waals surface area (Å²) in [6.45, 7) is 0. The molecule has 0 aliphatic rings. The Morgan fingerprint density at radius 1 is 0.609 bits per heavy atom. The molecule has 4 heteroatoms. The average Bonchev–Trinajstić information content (AvgIpc) is 3.26. The molecule has 0 amide bonds. The predicted octanol–water partition coefficient (Wildman–Crippen LogP) is 4.06. The summed E-state index contributed by atoms with van der Waals surface area (Å²) in [5.41, 5.74) is 6.36. The van der Waals surface area contributed by atoms with Crippen LogP contribution in [0.25, 0.3) is 22.5 Å². The smallest absolute Gasteiger partial charge is 0.0929 e. The average molecular weight is 300 g/mol. The third kappa shape index (κ3) is 2.66. The molecule has 0 saturated heterocycles. The third-order valence-electron chi connectivity index (χ3n) is 3.88. The molecule has 0 radical (unpaired) electrons. The number of nitrogens with one attached hydrogen (secondary N) is 2. The lowest BCUT2D eigenvalue weighted by Gasteiger charge is -2.05. The van der Waals surface area contributed by atoms with Gasteiger partial charge in [0, 0.05) is 28.9 Å². The van der Waals surface area contributed by atoms with E-state index in [-0.39, 0.29) is 0 Å². The van der Waals surface area contributed by atoms with Crippen molar-refractivity contribution in [2.45, 2.75) is 6.42 Å². The first-order chi connectivity index (χ1) is 11.4. The topological polar surface area (TPSA) is 57.4 Å². The molecule has 0 bridgehead atoms. The van der Waals surface area contributed by atoms with Crippen molar-refractivity contribution < 1.29 is 0 Å². The minimum Gasteiger partial charge on any atom is -0.348 e. The Morgan fingerprint density at radius 2 is 1.04 bits per heavy atom. The number of nitrogens with zero attached hydrogens (tertiary/aromatic N) is 2. The fourth-order valence-corrected chi connectivity index (χ4v) is 2.78. The van der Waals surface area contributed by atoms with Gasteiger partial charge in [-0.15, -0.1) is 0 Å². The van der Waals surface area contributed by atoms with E-state index in [9.17, 15) is 0 Å². The Hall–Kier alpha value is -3.14. The van der Waals surface area contributed by atoms with Crippen LogP contribution in [0.4, 0.5) is 0 Å². The van der Waals surface area contributed by atoms with Gasteiger partial charge >= 0.3 is 0 Å². The van der Waals surface area contributed by atoms with E-state index >= 15 is 0 Å². The molecule has 2 aromatic heterocycles. The van der Waals surface area contributed by atoms with Crippen LogP contribution < -0.4 is 0 Å². The molecule has 0 unspecified atom stereocenters. The first-order valence-corrected chi connectivity index (χ1v) is 7.57. The van der Waals surface area contributed by atoms with E-state index < -0.39 is 0 Å². The molecule has 4 nitrogen and oxygen atoms in total. The molecule has 4 aromatic rings. The van der Waals surface area contributed by atoms with Gasteiger partial charge in [0.1, 0.15) is 0 Å². The van der Waals surface area contributed by atoms with Crippen LogP contribution in [0.15, 0.2) is 73.3 Å². The van der Waals surface area contributed by atoms with Crippen molar-refractivity contribution in [2.24, 2.45) is 0 Å². The number of aromatic nitrogens is 4. The molecule has 0 fully saturated rings. The van der Waals surface area contributed by atoms with Crippen molar-refractivity contribution >= 4 is 0 Å². The van der Waals surface area contributed by atoms with Crippen LogP contribution in [0.2, 0.25) is 0 Å². The number of rotatable bonds is 4. The van der Waals surface area contributed by atoms with Crippen LogP contribution >= 0.6 is 0 Å². The summed E-state index contributed by atoms with van der Waals surface area (Å²) < 4.78 is 0. The highest BCUT2D eigenvalue weighted by Crippen LogP contribution is 2.26. The lowest BCUT2D eigenvalue weighted by atomic mass is 10.0. The van der Waals surface area contributed by atoms with Crippen LogP contribution in [0.1, 0.15) is 11.4 Å². The number of H-pyrrole nitrogens is 2. The Labute approximate surface area is 134 Å². The van der Waals surface area contributed by atoms with Crippen molar-refractivity contribution in [2.75, 3.05) is 0 Å². The molecular weight excluding hydrogens is 284 g/mol. The Balaban J connectivity index is 1.69. The highest BCUT2D eigenvalue weighted by atomic mass is 14.9. The molecule has 0 aliphatic heterocycles. The highest BCUT2D eigenvalue weighted by molar-refractivity contribution is 5.65. The fraction of sp³-hybridized carbons (Fsp3) is 0.0526. The van der Waals surface area contributed by atoms with Crippen LogP contribution in [-0.4, -0.2) is 19.9 Å². The van der Waals surface area contributed by atoms with Gasteiger partial charge in [-0.2, -0.15) is 0 Å². The molecule has 0 saturated carbocycles. The molecule has 23 heavy (non-hydrogen) atoms. The Kier molecular flexibility index (Phi) is 3.48. The maximum atomic E-state index is 4.48. The zero-order chi connectivity index (χ0) is 15.5. The Bertz CT molecular complexity index is 816. The van der Waals surface area contributed by atoms with Gasteiger partial charge in [0.2, 0.25) is 0 Å². The normalized spacial score (nSPS) is 10.8. The largest absolute Gasteiger partial charge is 0.348 e. The maximum Gasteiger partial charge on any atom is 0.0929 e. The van der Waals surface area contributed by atoms with Crippen molar-refractivity contribution in [1.29, 1.82) is 0 Å². The summed E-state index contributed by atoms with van der Waals surface area (Å²) in [7, 11) is 0.